The standard InChI is InChI=1S/C14H19NO2/c1-14(8-3-2-4-9-14)13(17)15-11-6-5-7-12(16)10-11/h5-7,10,16H,2-4,8-9H2,1H3,(H,15,17). The molecule has 1 aromatic carbocycles. The molecule has 0 saturated heterocycles. The smallest absolute Gasteiger partial charge is 0.230 e. The van der Waals surface area contributed by atoms with Crippen molar-refractivity contribution in [2.75, 3.05) is 5.32 Å². The van der Waals surface area contributed by atoms with E-state index >= 15 is 0 Å². The number of phenols is 1. The van der Waals surface area contributed by atoms with Crippen molar-refractivity contribution >= 4 is 11.6 Å². The maximum absolute atomic E-state index is 12.2. The SMILES string of the molecule is CC1(C(=O)Nc2cccc(O)c2)CCCCC1. The van der Waals surface area contributed by atoms with Gasteiger partial charge in [-0.15, -0.1) is 0 Å². The number of phenolic OH excluding ortho intramolecular Hbond substituents is 1. The van der Waals surface area contributed by atoms with E-state index in [4.69, 9.17) is 0 Å². The lowest BCUT2D eigenvalue weighted by atomic mass is 9.75. The number of amides is 1. The van der Waals surface area contributed by atoms with E-state index in [1.54, 1.807) is 24.3 Å². The predicted octanol–water partition coefficient (Wildman–Crippen LogP) is 3.30. The first kappa shape index (κ1) is 12.0. The number of aromatic hydroxyl groups is 1. The van der Waals surface area contributed by atoms with E-state index in [0.29, 0.717) is 5.69 Å². The van der Waals surface area contributed by atoms with Crippen LogP contribution < -0.4 is 5.32 Å². The minimum atomic E-state index is -0.246. The summed E-state index contributed by atoms with van der Waals surface area (Å²) < 4.78 is 0. The van der Waals surface area contributed by atoms with E-state index in [2.05, 4.69) is 5.32 Å². The van der Waals surface area contributed by atoms with Crippen molar-refractivity contribution in [1.82, 2.24) is 0 Å². The molecule has 0 aromatic heterocycles. The second kappa shape index (κ2) is 4.78. The summed E-state index contributed by atoms with van der Waals surface area (Å²) in [6.45, 7) is 2.03. The Hall–Kier alpha value is -1.51. The largest absolute Gasteiger partial charge is 0.508 e. The highest BCUT2D eigenvalue weighted by Crippen LogP contribution is 2.36. The molecule has 0 spiro atoms. The van der Waals surface area contributed by atoms with Crippen LogP contribution in [0.4, 0.5) is 5.69 Å². The van der Waals surface area contributed by atoms with Crippen LogP contribution in [0.25, 0.3) is 0 Å². The normalized spacial score (nSPS) is 18.6. The molecule has 2 N–H and O–H groups in total. The van der Waals surface area contributed by atoms with E-state index in [-0.39, 0.29) is 17.1 Å². The summed E-state index contributed by atoms with van der Waals surface area (Å²) in [6.07, 6.45) is 5.40. The molecule has 0 unspecified atom stereocenters. The molecule has 1 aromatic rings. The molecule has 0 atom stereocenters. The molecule has 17 heavy (non-hydrogen) atoms. The monoisotopic (exact) mass is 233 g/mol. The van der Waals surface area contributed by atoms with E-state index < -0.39 is 0 Å². The molecule has 0 heterocycles. The van der Waals surface area contributed by atoms with Crippen molar-refractivity contribution in [2.24, 2.45) is 5.41 Å². The zero-order valence-corrected chi connectivity index (χ0v) is 10.2. The van der Waals surface area contributed by atoms with Crippen molar-refractivity contribution < 1.29 is 9.90 Å². The van der Waals surface area contributed by atoms with Gasteiger partial charge in [0.15, 0.2) is 0 Å². The lowest BCUT2D eigenvalue weighted by Crippen LogP contribution is -2.35. The number of carbonyl (C=O) groups is 1. The molecule has 1 aliphatic rings. The van der Waals surface area contributed by atoms with Gasteiger partial charge in [0.05, 0.1) is 0 Å². The van der Waals surface area contributed by atoms with Crippen LogP contribution in [0.1, 0.15) is 39.0 Å². The van der Waals surface area contributed by atoms with E-state index in [1.807, 2.05) is 6.92 Å². The fourth-order valence-electron chi connectivity index (χ4n) is 2.42. The molecule has 0 aliphatic heterocycles. The highest BCUT2D eigenvalue weighted by atomic mass is 16.3. The molecule has 1 fully saturated rings. The van der Waals surface area contributed by atoms with Gasteiger partial charge in [0.2, 0.25) is 5.91 Å². The maximum Gasteiger partial charge on any atom is 0.230 e. The van der Waals surface area contributed by atoms with Gasteiger partial charge in [0, 0.05) is 17.2 Å². The minimum absolute atomic E-state index is 0.0720. The average molecular weight is 233 g/mol. The van der Waals surface area contributed by atoms with Gasteiger partial charge in [-0.25, -0.2) is 0 Å². The zero-order valence-electron chi connectivity index (χ0n) is 10.2. The van der Waals surface area contributed by atoms with Crippen LogP contribution in [0, 0.1) is 5.41 Å². The van der Waals surface area contributed by atoms with Crippen LogP contribution in [-0.4, -0.2) is 11.0 Å². The van der Waals surface area contributed by atoms with Gasteiger partial charge in [0.25, 0.3) is 0 Å². The Morgan fingerprint density at radius 1 is 1.29 bits per heavy atom. The Morgan fingerprint density at radius 3 is 2.65 bits per heavy atom. The first-order chi connectivity index (χ1) is 8.10. The molecule has 3 nitrogen and oxygen atoms in total. The van der Waals surface area contributed by atoms with Crippen LogP contribution in [0.15, 0.2) is 24.3 Å². The van der Waals surface area contributed by atoms with Gasteiger partial charge >= 0.3 is 0 Å². The zero-order chi connectivity index (χ0) is 12.3. The number of anilines is 1. The fourth-order valence-corrected chi connectivity index (χ4v) is 2.42. The third kappa shape index (κ3) is 2.78. The van der Waals surface area contributed by atoms with Crippen molar-refractivity contribution in [3.63, 3.8) is 0 Å². The minimum Gasteiger partial charge on any atom is -0.508 e. The Balaban J connectivity index is 2.05. The Bertz CT molecular complexity index is 408. The molecule has 1 amide bonds. The lowest BCUT2D eigenvalue weighted by molar-refractivity contribution is -0.126. The Morgan fingerprint density at radius 2 is 2.00 bits per heavy atom. The van der Waals surface area contributed by atoms with Gasteiger partial charge < -0.3 is 10.4 Å². The van der Waals surface area contributed by atoms with Crippen molar-refractivity contribution in [2.45, 2.75) is 39.0 Å². The van der Waals surface area contributed by atoms with Crippen molar-refractivity contribution in [3.05, 3.63) is 24.3 Å². The Kier molecular flexibility index (Phi) is 3.36. The molecule has 3 heteroatoms. The summed E-state index contributed by atoms with van der Waals surface area (Å²) >= 11 is 0. The van der Waals surface area contributed by atoms with Crippen molar-refractivity contribution in [1.29, 1.82) is 0 Å². The summed E-state index contributed by atoms with van der Waals surface area (Å²) in [6, 6.07) is 6.69. The second-order valence-corrected chi connectivity index (χ2v) is 5.13. The van der Waals surface area contributed by atoms with Gasteiger partial charge in [-0.1, -0.05) is 32.3 Å². The van der Waals surface area contributed by atoms with E-state index in [0.717, 1.165) is 25.7 Å². The molecule has 0 radical (unpaired) electrons. The number of hydrogen-bond donors (Lipinski definition) is 2. The van der Waals surface area contributed by atoms with Crippen LogP contribution in [0.2, 0.25) is 0 Å². The summed E-state index contributed by atoms with van der Waals surface area (Å²) in [4.78, 5) is 12.2. The lowest BCUT2D eigenvalue weighted by Gasteiger charge is -2.32. The topological polar surface area (TPSA) is 49.3 Å². The third-order valence-corrected chi connectivity index (χ3v) is 3.61. The molecule has 0 bridgehead atoms. The van der Waals surface area contributed by atoms with Crippen LogP contribution in [0.3, 0.4) is 0 Å². The predicted molar refractivity (Wildman–Crippen MR) is 67.9 cm³/mol. The second-order valence-electron chi connectivity index (χ2n) is 5.13. The quantitative estimate of drug-likeness (QED) is 0.823. The first-order valence-electron chi connectivity index (χ1n) is 6.21. The number of benzene rings is 1. The highest BCUT2D eigenvalue weighted by molar-refractivity contribution is 5.95. The summed E-state index contributed by atoms with van der Waals surface area (Å²) in [7, 11) is 0. The molecule has 1 aliphatic carbocycles. The van der Waals surface area contributed by atoms with Gasteiger partial charge in [0.1, 0.15) is 5.75 Å². The average Bonchev–Trinajstić information content (AvgIpc) is 2.30. The van der Waals surface area contributed by atoms with Crippen LogP contribution in [-0.2, 0) is 4.79 Å². The van der Waals surface area contributed by atoms with E-state index in [9.17, 15) is 9.90 Å². The summed E-state index contributed by atoms with van der Waals surface area (Å²) in [5, 5.41) is 12.2. The van der Waals surface area contributed by atoms with Gasteiger partial charge in [-0.05, 0) is 25.0 Å². The molecule has 92 valence electrons. The number of rotatable bonds is 2. The number of hydrogen-bond acceptors (Lipinski definition) is 2. The highest BCUT2D eigenvalue weighted by Gasteiger charge is 2.34. The summed E-state index contributed by atoms with van der Waals surface area (Å²) in [5.41, 5.74) is 0.422. The van der Waals surface area contributed by atoms with E-state index in [1.165, 1.54) is 6.42 Å². The third-order valence-electron chi connectivity index (χ3n) is 3.61. The van der Waals surface area contributed by atoms with Gasteiger partial charge in [-0.3, -0.25) is 4.79 Å². The van der Waals surface area contributed by atoms with Gasteiger partial charge in [-0.2, -0.15) is 0 Å². The molecule has 2 rings (SSSR count). The molecular formula is C14H19NO2. The number of carbonyl (C=O) groups excluding carboxylic acids is 1. The summed E-state index contributed by atoms with van der Waals surface area (Å²) in [5.74, 6) is 0.249. The molecule has 1 saturated carbocycles. The first-order valence-corrected chi connectivity index (χ1v) is 6.21. The maximum atomic E-state index is 12.2. The number of nitrogens with one attached hydrogen (secondary N) is 1. The van der Waals surface area contributed by atoms with Crippen molar-refractivity contribution in [3.8, 4) is 5.75 Å². The molecular weight excluding hydrogens is 214 g/mol. The van der Waals surface area contributed by atoms with Crippen LogP contribution >= 0.6 is 0 Å². The fraction of sp³-hybridized carbons (Fsp3) is 0.500. The van der Waals surface area contributed by atoms with Crippen LogP contribution in [0.5, 0.6) is 5.75 Å². The Labute approximate surface area is 102 Å².